The summed E-state index contributed by atoms with van der Waals surface area (Å²) in [6, 6.07) is 7.57. The number of esters is 1. The van der Waals surface area contributed by atoms with Gasteiger partial charge < -0.3 is 14.8 Å². The number of carbonyl (C=O) groups is 1. The van der Waals surface area contributed by atoms with Crippen LogP contribution in [-0.4, -0.2) is 31.8 Å². The average Bonchev–Trinajstić information content (AvgIpc) is 2.53. The maximum absolute atomic E-state index is 12.1. The van der Waals surface area contributed by atoms with Gasteiger partial charge in [-0.15, -0.1) is 0 Å². The minimum Gasteiger partial charge on any atom is -0.497 e. The molecule has 0 aromatic heterocycles. The topological polar surface area (TPSA) is 52.1 Å². The van der Waals surface area contributed by atoms with Crippen LogP contribution in [0.2, 0.25) is 0 Å². The van der Waals surface area contributed by atoms with Gasteiger partial charge in [0.1, 0.15) is 11.4 Å². The molecule has 22 heavy (non-hydrogen) atoms. The summed E-state index contributed by atoms with van der Waals surface area (Å²) in [7, 11) is 1.63. The van der Waals surface area contributed by atoms with E-state index >= 15 is 0 Å². The van der Waals surface area contributed by atoms with Crippen LogP contribution >= 0.6 is 0 Å². The van der Waals surface area contributed by atoms with Crippen molar-refractivity contribution in [1.82, 2.24) is 0 Å². The number of methoxy groups -OCH3 is 1. The molecular formula is C18H26NO3+. The number of rotatable bonds is 5. The van der Waals surface area contributed by atoms with Crippen LogP contribution in [0.4, 0.5) is 0 Å². The van der Waals surface area contributed by atoms with Crippen molar-refractivity contribution in [2.75, 3.05) is 20.2 Å². The minimum atomic E-state index is -0.413. The van der Waals surface area contributed by atoms with Gasteiger partial charge in [-0.3, -0.25) is 0 Å². The standard InChI is InChI=1S/C18H25NO3/c1-18(2,15-9-11-19-12-10-15)22-17(20)8-7-14-5-4-6-16(13-14)21-3/h4-8,13,15,19H,9-12H2,1-3H3/p+1/b8-7+. The molecule has 0 amide bonds. The summed E-state index contributed by atoms with van der Waals surface area (Å²) in [6.45, 7) is 6.26. The molecule has 0 spiro atoms. The van der Waals surface area contributed by atoms with Gasteiger partial charge in [0, 0.05) is 24.8 Å². The largest absolute Gasteiger partial charge is 0.497 e. The number of hydrogen-bond donors (Lipinski definition) is 1. The molecule has 1 aliphatic heterocycles. The Bertz CT molecular complexity index is 531. The summed E-state index contributed by atoms with van der Waals surface area (Å²) in [5.74, 6) is 0.920. The van der Waals surface area contributed by atoms with E-state index in [9.17, 15) is 4.79 Å². The molecule has 1 saturated heterocycles. The van der Waals surface area contributed by atoms with Crippen LogP contribution in [0.5, 0.6) is 5.75 Å². The normalized spacial score (nSPS) is 16.7. The van der Waals surface area contributed by atoms with Crippen molar-refractivity contribution in [2.45, 2.75) is 32.3 Å². The maximum Gasteiger partial charge on any atom is 0.331 e. The van der Waals surface area contributed by atoms with Crippen LogP contribution in [0, 0.1) is 5.92 Å². The first-order valence-corrected chi connectivity index (χ1v) is 7.88. The fourth-order valence-electron chi connectivity index (χ4n) is 2.91. The van der Waals surface area contributed by atoms with Gasteiger partial charge in [0.2, 0.25) is 0 Å². The zero-order chi connectivity index (χ0) is 16.0. The molecule has 1 fully saturated rings. The van der Waals surface area contributed by atoms with Crippen LogP contribution in [0.25, 0.3) is 6.08 Å². The van der Waals surface area contributed by atoms with E-state index < -0.39 is 5.60 Å². The second kappa shape index (κ2) is 7.45. The second-order valence-electron chi connectivity index (χ2n) is 6.27. The third-order valence-corrected chi connectivity index (χ3v) is 4.29. The van der Waals surface area contributed by atoms with E-state index in [1.807, 2.05) is 38.1 Å². The SMILES string of the molecule is COc1cccc(/C=C/C(=O)OC(C)(C)C2CC[NH2+]CC2)c1. The predicted octanol–water partition coefficient (Wildman–Crippen LogP) is 2.00. The van der Waals surface area contributed by atoms with E-state index in [2.05, 4.69) is 5.32 Å². The average molecular weight is 304 g/mol. The number of piperidine rings is 1. The van der Waals surface area contributed by atoms with E-state index in [1.54, 1.807) is 13.2 Å². The van der Waals surface area contributed by atoms with Crippen molar-refractivity contribution in [3.63, 3.8) is 0 Å². The highest BCUT2D eigenvalue weighted by atomic mass is 16.6. The Balaban J connectivity index is 1.94. The minimum absolute atomic E-state index is 0.289. The molecule has 2 N–H and O–H groups in total. The van der Waals surface area contributed by atoms with Crippen LogP contribution in [-0.2, 0) is 9.53 Å². The van der Waals surface area contributed by atoms with Crippen molar-refractivity contribution in [3.8, 4) is 5.75 Å². The number of carbonyl (C=O) groups excluding carboxylic acids is 1. The van der Waals surface area contributed by atoms with Crippen LogP contribution < -0.4 is 10.1 Å². The van der Waals surface area contributed by atoms with Gasteiger partial charge in [-0.2, -0.15) is 0 Å². The summed E-state index contributed by atoms with van der Waals surface area (Å²) in [6.07, 6.45) is 5.45. The van der Waals surface area contributed by atoms with E-state index in [0.717, 1.165) is 37.2 Å². The first-order chi connectivity index (χ1) is 10.5. The monoisotopic (exact) mass is 304 g/mol. The van der Waals surface area contributed by atoms with Crippen LogP contribution in [0.3, 0.4) is 0 Å². The van der Waals surface area contributed by atoms with Gasteiger partial charge in [-0.25, -0.2) is 4.79 Å². The lowest BCUT2D eigenvalue weighted by Gasteiger charge is -2.35. The maximum atomic E-state index is 12.1. The van der Waals surface area contributed by atoms with Gasteiger partial charge >= 0.3 is 5.97 Å². The van der Waals surface area contributed by atoms with Crippen molar-refractivity contribution in [2.24, 2.45) is 5.92 Å². The molecule has 0 bridgehead atoms. The molecule has 0 saturated carbocycles. The van der Waals surface area contributed by atoms with E-state index in [1.165, 1.54) is 6.08 Å². The molecule has 0 unspecified atom stereocenters. The lowest BCUT2D eigenvalue weighted by atomic mass is 9.83. The molecule has 0 atom stereocenters. The molecule has 4 nitrogen and oxygen atoms in total. The number of nitrogens with two attached hydrogens (primary N) is 1. The Morgan fingerprint density at radius 1 is 1.32 bits per heavy atom. The molecular weight excluding hydrogens is 278 g/mol. The Kier molecular flexibility index (Phi) is 5.61. The number of benzene rings is 1. The van der Waals surface area contributed by atoms with Gasteiger partial charge in [-0.05, 0) is 37.6 Å². The highest BCUT2D eigenvalue weighted by Crippen LogP contribution is 2.28. The van der Waals surface area contributed by atoms with Gasteiger partial charge in [0.25, 0.3) is 0 Å². The first-order valence-electron chi connectivity index (χ1n) is 7.88. The van der Waals surface area contributed by atoms with Crippen LogP contribution in [0.1, 0.15) is 32.3 Å². The Hall–Kier alpha value is -1.81. The fourth-order valence-corrected chi connectivity index (χ4v) is 2.91. The lowest BCUT2D eigenvalue weighted by molar-refractivity contribution is -0.665. The second-order valence-corrected chi connectivity index (χ2v) is 6.27. The zero-order valence-corrected chi connectivity index (χ0v) is 13.7. The smallest absolute Gasteiger partial charge is 0.331 e. The summed E-state index contributed by atoms with van der Waals surface area (Å²) in [4.78, 5) is 12.1. The zero-order valence-electron chi connectivity index (χ0n) is 13.7. The van der Waals surface area contributed by atoms with Crippen molar-refractivity contribution in [3.05, 3.63) is 35.9 Å². The summed E-state index contributed by atoms with van der Waals surface area (Å²) < 4.78 is 10.9. The van der Waals surface area contributed by atoms with Crippen molar-refractivity contribution >= 4 is 12.0 Å². The summed E-state index contributed by atoms with van der Waals surface area (Å²) in [5.41, 5.74) is 0.505. The quantitative estimate of drug-likeness (QED) is 0.669. The Labute approximate surface area is 132 Å². The molecule has 1 aliphatic rings. The molecule has 2 rings (SSSR count). The third-order valence-electron chi connectivity index (χ3n) is 4.29. The predicted molar refractivity (Wildman–Crippen MR) is 86.6 cm³/mol. The molecule has 1 aromatic rings. The van der Waals surface area contributed by atoms with E-state index in [0.29, 0.717) is 5.92 Å². The first kappa shape index (κ1) is 16.6. The highest BCUT2D eigenvalue weighted by molar-refractivity contribution is 5.87. The number of ether oxygens (including phenoxy) is 2. The van der Waals surface area contributed by atoms with Gasteiger partial charge in [0.05, 0.1) is 20.2 Å². The molecule has 120 valence electrons. The number of hydrogen-bond acceptors (Lipinski definition) is 3. The van der Waals surface area contributed by atoms with Crippen molar-refractivity contribution < 1.29 is 19.6 Å². The Morgan fingerprint density at radius 2 is 2.05 bits per heavy atom. The third kappa shape index (κ3) is 4.60. The molecule has 4 heteroatoms. The molecule has 1 heterocycles. The summed E-state index contributed by atoms with van der Waals surface area (Å²) in [5, 5.41) is 2.32. The summed E-state index contributed by atoms with van der Waals surface area (Å²) >= 11 is 0. The highest BCUT2D eigenvalue weighted by Gasteiger charge is 2.34. The fraction of sp³-hybridized carbons (Fsp3) is 0.500. The van der Waals surface area contributed by atoms with E-state index in [-0.39, 0.29) is 5.97 Å². The molecule has 0 aliphatic carbocycles. The van der Waals surface area contributed by atoms with E-state index in [4.69, 9.17) is 9.47 Å². The lowest BCUT2D eigenvalue weighted by Crippen LogP contribution is -2.86. The molecule has 1 aromatic carbocycles. The Morgan fingerprint density at radius 3 is 2.73 bits per heavy atom. The van der Waals surface area contributed by atoms with Crippen LogP contribution in [0.15, 0.2) is 30.3 Å². The van der Waals surface area contributed by atoms with Gasteiger partial charge in [0.15, 0.2) is 0 Å². The van der Waals surface area contributed by atoms with Gasteiger partial charge in [-0.1, -0.05) is 12.1 Å². The molecule has 0 radical (unpaired) electrons. The van der Waals surface area contributed by atoms with Crippen molar-refractivity contribution in [1.29, 1.82) is 0 Å². The number of quaternary nitrogens is 1.